The molecule has 2 aromatic carbocycles. The minimum absolute atomic E-state index is 0. The minimum atomic E-state index is -1.55. The van der Waals surface area contributed by atoms with E-state index in [9.17, 15) is 0 Å². The molecule has 0 heterocycles. The number of hydrogen-bond donors (Lipinski definition) is 0. The molecule has 0 nitrogen and oxygen atoms in total. The molecule has 0 unspecified atom stereocenters. The molecule has 0 saturated heterocycles. The molecule has 0 atom stereocenters. The first-order valence-corrected chi connectivity index (χ1v) is 9.88. The summed E-state index contributed by atoms with van der Waals surface area (Å²) in [7, 11) is -1.55. The predicted molar refractivity (Wildman–Crippen MR) is 88.6 cm³/mol. The molecule has 23 heavy (non-hydrogen) atoms. The smallest absolute Gasteiger partial charge is 1.00 e. The first kappa shape index (κ1) is 28.2. The Labute approximate surface area is 176 Å². The van der Waals surface area contributed by atoms with Crippen LogP contribution in [0.4, 0.5) is 0 Å². The molecule has 126 valence electrons. The van der Waals surface area contributed by atoms with E-state index in [1.54, 1.807) is 15.9 Å². The van der Waals surface area contributed by atoms with Crippen molar-refractivity contribution in [1.82, 2.24) is 0 Å². The van der Waals surface area contributed by atoms with E-state index in [-0.39, 0.29) is 58.9 Å². The van der Waals surface area contributed by atoms with Crippen LogP contribution in [0, 0.1) is 0 Å². The summed E-state index contributed by atoms with van der Waals surface area (Å²) in [4.78, 5) is 0. The number of halogens is 3. The minimum Gasteiger partial charge on any atom is -1.00 e. The summed E-state index contributed by atoms with van der Waals surface area (Å²) in [5.74, 6) is 0.624. The molecular formula is C18H25Cl3SiTi. The molecule has 0 radical (unpaired) electrons. The van der Waals surface area contributed by atoms with Gasteiger partial charge in [-0.2, -0.15) is 16.8 Å². The average Bonchev–Trinajstić information content (AvgIpc) is 2.92. The van der Waals surface area contributed by atoms with Gasteiger partial charge in [0.15, 0.2) is 0 Å². The fraction of sp³-hybridized carbons (Fsp3) is 0.389. The quantitative estimate of drug-likeness (QED) is 0.334. The van der Waals surface area contributed by atoms with Gasteiger partial charge in [-0.3, -0.25) is 0 Å². The van der Waals surface area contributed by atoms with Crippen molar-refractivity contribution in [2.24, 2.45) is 0 Å². The van der Waals surface area contributed by atoms with E-state index in [1.807, 2.05) is 0 Å². The Morgan fingerprint density at radius 1 is 0.870 bits per heavy atom. The van der Waals surface area contributed by atoms with Crippen LogP contribution < -0.4 is 47.6 Å². The van der Waals surface area contributed by atoms with Crippen molar-refractivity contribution in [1.29, 1.82) is 0 Å². The van der Waals surface area contributed by atoms with Crippen LogP contribution in [0.2, 0.25) is 12.1 Å². The van der Waals surface area contributed by atoms with Crippen LogP contribution in [0.5, 0.6) is 0 Å². The van der Waals surface area contributed by atoms with Crippen LogP contribution in [-0.2, 0) is 21.7 Å². The summed E-state index contributed by atoms with van der Waals surface area (Å²) < 4.78 is 0. The van der Waals surface area contributed by atoms with Crippen molar-refractivity contribution in [3.05, 3.63) is 54.1 Å². The van der Waals surface area contributed by atoms with E-state index in [4.69, 9.17) is 0 Å². The Morgan fingerprint density at radius 2 is 1.39 bits per heavy atom. The van der Waals surface area contributed by atoms with E-state index < -0.39 is 8.07 Å². The maximum Gasteiger partial charge on any atom is 4.00 e. The topological polar surface area (TPSA) is 0 Å². The molecule has 2 aromatic rings. The van der Waals surface area contributed by atoms with E-state index >= 15 is 0 Å². The van der Waals surface area contributed by atoms with Gasteiger partial charge in [-0.25, -0.2) is 12.1 Å². The molecule has 0 fully saturated rings. The van der Waals surface area contributed by atoms with Gasteiger partial charge in [-0.15, -0.1) is 0 Å². The number of hydrogen-bond acceptors (Lipinski definition) is 0. The van der Waals surface area contributed by atoms with Gasteiger partial charge < -0.3 is 37.2 Å². The van der Waals surface area contributed by atoms with Gasteiger partial charge in [0, 0.05) is 0 Å². The molecule has 0 aromatic heterocycles. The van der Waals surface area contributed by atoms with E-state index in [1.165, 1.54) is 12.1 Å². The van der Waals surface area contributed by atoms with Crippen LogP contribution >= 0.6 is 0 Å². The van der Waals surface area contributed by atoms with Gasteiger partial charge in [-0.1, -0.05) is 75.3 Å². The largest absolute Gasteiger partial charge is 4.00 e. The maximum atomic E-state index is 2.39. The zero-order valence-electron chi connectivity index (χ0n) is 14.2. The van der Waals surface area contributed by atoms with Crippen molar-refractivity contribution in [2.75, 3.05) is 0 Å². The molecule has 0 aliphatic rings. The number of benzene rings is 1. The summed E-state index contributed by atoms with van der Waals surface area (Å²) in [6, 6.07) is 20.8. The third-order valence-corrected chi connectivity index (χ3v) is 9.86. The van der Waals surface area contributed by atoms with Gasteiger partial charge >= 0.3 is 21.7 Å². The molecular weight excluding hydrogens is 399 g/mol. The van der Waals surface area contributed by atoms with Gasteiger partial charge in [0.2, 0.25) is 0 Å². The van der Waals surface area contributed by atoms with Crippen molar-refractivity contribution >= 4 is 18.4 Å². The van der Waals surface area contributed by atoms with Crippen LogP contribution in [0.25, 0.3) is 0 Å². The van der Waals surface area contributed by atoms with E-state index in [0.717, 1.165) is 0 Å². The third kappa shape index (κ3) is 5.70. The van der Waals surface area contributed by atoms with Gasteiger partial charge in [0.1, 0.15) is 0 Å². The SMILES string of the molecule is CC[Si](CC)(c1ccccc1)[c-]1cccc1C(C)C.[Cl-].[Cl-].[Cl-].[Ti+4]. The summed E-state index contributed by atoms with van der Waals surface area (Å²) in [5.41, 5.74) is 1.57. The van der Waals surface area contributed by atoms with Crippen molar-refractivity contribution < 1.29 is 58.9 Å². The van der Waals surface area contributed by atoms with Gasteiger partial charge in [0.25, 0.3) is 0 Å². The van der Waals surface area contributed by atoms with Crippen LogP contribution in [-0.4, -0.2) is 8.07 Å². The molecule has 0 aliphatic carbocycles. The van der Waals surface area contributed by atoms with Crippen molar-refractivity contribution in [3.63, 3.8) is 0 Å². The monoisotopic (exact) mass is 422 g/mol. The molecule has 5 heteroatoms. The second kappa shape index (κ2) is 12.7. The molecule has 0 spiro atoms. The average molecular weight is 424 g/mol. The van der Waals surface area contributed by atoms with Crippen LogP contribution in [0.15, 0.2) is 48.5 Å². The summed E-state index contributed by atoms with van der Waals surface area (Å²) >= 11 is 0. The zero-order chi connectivity index (χ0) is 13.9. The summed E-state index contributed by atoms with van der Waals surface area (Å²) in [6.07, 6.45) is 0. The van der Waals surface area contributed by atoms with Gasteiger partial charge in [0.05, 0.1) is 8.07 Å². The Hall–Kier alpha value is 0.371. The molecule has 0 amide bonds. The molecule has 0 saturated carbocycles. The summed E-state index contributed by atoms with van der Waals surface area (Å²) in [6.45, 7) is 9.38. The third-order valence-electron chi connectivity index (χ3n) is 4.52. The number of rotatable bonds is 5. The standard InChI is InChI=1S/C18H25Si.3ClH.Ti/c1-5-19(6-2,16-11-8-7-9-12-16)18-14-10-13-17(18)15(3)4;;;;/h7-15H,5-6H2,1-4H3;3*1H;/q-1;;;;+4/p-3. The first-order chi connectivity index (χ1) is 9.15. The van der Waals surface area contributed by atoms with Crippen LogP contribution in [0.3, 0.4) is 0 Å². The van der Waals surface area contributed by atoms with E-state index in [0.29, 0.717) is 5.92 Å². The summed E-state index contributed by atoms with van der Waals surface area (Å²) in [5, 5.41) is 3.26. The molecule has 0 bridgehead atoms. The maximum absolute atomic E-state index is 2.39. The molecule has 0 N–H and O–H groups in total. The Balaban J connectivity index is -0.000001000. The van der Waals surface area contributed by atoms with E-state index in [2.05, 4.69) is 76.2 Å². The normalized spacial score (nSPS) is 9.96. The van der Waals surface area contributed by atoms with Gasteiger partial charge in [-0.05, 0) is 5.92 Å². The van der Waals surface area contributed by atoms with Crippen molar-refractivity contribution in [3.8, 4) is 0 Å². The zero-order valence-corrected chi connectivity index (χ0v) is 19.1. The Bertz CT molecular complexity index is 522. The fourth-order valence-corrected chi connectivity index (χ4v) is 7.88. The first-order valence-electron chi connectivity index (χ1n) is 7.47. The van der Waals surface area contributed by atoms with Crippen molar-refractivity contribution in [2.45, 2.75) is 45.7 Å². The predicted octanol–water partition coefficient (Wildman–Crippen LogP) is -4.86. The second-order valence-corrected chi connectivity index (χ2v) is 10.4. The van der Waals surface area contributed by atoms with Crippen LogP contribution in [0.1, 0.15) is 39.2 Å². The second-order valence-electron chi connectivity index (χ2n) is 5.70. The Morgan fingerprint density at radius 3 is 1.83 bits per heavy atom. The fourth-order valence-electron chi connectivity index (χ4n) is 3.33. The molecule has 2 rings (SSSR count). The molecule has 0 aliphatic heterocycles. The Kier molecular flexibility index (Phi) is 15.6.